The number of nitrogens with one attached hydrogen (secondary N) is 1. The zero-order valence-electron chi connectivity index (χ0n) is 13.4. The zero-order chi connectivity index (χ0) is 14.9. The minimum absolute atomic E-state index is 0.353. The highest BCUT2D eigenvalue weighted by Crippen LogP contribution is 2.40. The van der Waals surface area contributed by atoms with Gasteiger partial charge in [-0.05, 0) is 36.3 Å². The highest BCUT2D eigenvalue weighted by molar-refractivity contribution is 5.55. The smallest absolute Gasteiger partial charge is 0.163 e. The van der Waals surface area contributed by atoms with Crippen LogP contribution in [0.3, 0.4) is 0 Å². The van der Waals surface area contributed by atoms with Crippen LogP contribution < -0.4 is 14.8 Å². The van der Waals surface area contributed by atoms with Crippen LogP contribution in [0, 0.1) is 11.3 Å². The van der Waals surface area contributed by atoms with Gasteiger partial charge < -0.3 is 14.8 Å². The Morgan fingerprint density at radius 1 is 1.00 bits per heavy atom. The SMILES string of the molecule is CC(C)(C)C1CCCCC1Nc1ccc2c(c1)OCCO2. The van der Waals surface area contributed by atoms with Gasteiger partial charge in [0.2, 0.25) is 0 Å². The molecular weight excluding hydrogens is 262 g/mol. The lowest BCUT2D eigenvalue weighted by molar-refractivity contribution is 0.162. The third-order valence-corrected chi connectivity index (χ3v) is 4.77. The van der Waals surface area contributed by atoms with Crippen molar-refractivity contribution < 1.29 is 9.47 Å². The number of hydrogen-bond acceptors (Lipinski definition) is 3. The lowest BCUT2D eigenvalue weighted by Crippen LogP contribution is -2.39. The Kier molecular flexibility index (Phi) is 4.01. The minimum atomic E-state index is 0.353. The highest BCUT2D eigenvalue weighted by Gasteiger charge is 2.34. The van der Waals surface area contributed by atoms with E-state index in [2.05, 4.69) is 38.2 Å². The molecule has 0 bridgehead atoms. The van der Waals surface area contributed by atoms with Gasteiger partial charge in [0.25, 0.3) is 0 Å². The van der Waals surface area contributed by atoms with E-state index >= 15 is 0 Å². The van der Waals surface area contributed by atoms with Gasteiger partial charge in [-0.2, -0.15) is 0 Å². The molecule has 1 aliphatic heterocycles. The molecule has 3 rings (SSSR count). The molecule has 1 aromatic carbocycles. The summed E-state index contributed by atoms with van der Waals surface area (Å²) in [5.74, 6) is 2.46. The van der Waals surface area contributed by atoms with Gasteiger partial charge in [0.1, 0.15) is 13.2 Å². The van der Waals surface area contributed by atoms with Crippen molar-refractivity contribution >= 4 is 5.69 Å². The van der Waals surface area contributed by atoms with E-state index in [1.807, 2.05) is 6.07 Å². The lowest BCUT2D eigenvalue weighted by Gasteiger charge is -2.41. The van der Waals surface area contributed by atoms with Crippen molar-refractivity contribution in [1.29, 1.82) is 0 Å². The molecule has 0 saturated heterocycles. The number of ether oxygens (including phenoxy) is 2. The van der Waals surface area contributed by atoms with E-state index < -0.39 is 0 Å². The summed E-state index contributed by atoms with van der Waals surface area (Å²) in [5.41, 5.74) is 1.51. The van der Waals surface area contributed by atoms with E-state index in [0.717, 1.165) is 23.1 Å². The number of fused-ring (bicyclic) bond motifs is 1. The van der Waals surface area contributed by atoms with Crippen molar-refractivity contribution in [3.05, 3.63) is 18.2 Å². The summed E-state index contributed by atoms with van der Waals surface area (Å²) in [6, 6.07) is 6.78. The van der Waals surface area contributed by atoms with Crippen molar-refractivity contribution in [1.82, 2.24) is 0 Å². The maximum Gasteiger partial charge on any atom is 0.163 e. The summed E-state index contributed by atoms with van der Waals surface area (Å²) >= 11 is 0. The van der Waals surface area contributed by atoms with Gasteiger partial charge in [0, 0.05) is 17.8 Å². The van der Waals surface area contributed by atoms with Gasteiger partial charge in [-0.25, -0.2) is 0 Å². The Morgan fingerprint density at radius 3 is 2.48 bits per heavy atom. The molecule has 1 N–H and O–H groups in total. The molecule has 1 saturated carbocycles. The quantitative estimate of drug-likeness (QED) is 0.871. The van der Waals surface area contributed by atoms with E-state index in [4.69, 9.17) is 9.47 Å². The largest absolute Gasteiger partial charge is 0.486 e. The molecule has 3 nitrogen and oxygen atoms in total. The molecule has 0 spiro atoms. The Bertz CT molecular complexity index is 492. The van der Waals surface area contributed by atoms with Crippen LogP contribution in [0.15, 0.2) is 18.2 Å². The molecule has 1 heterocycles. The first-order chi connectivity index (χ1) is 10.0. The Labute approximate surface area is 128 Å². The van der Waals surface area contributed by atoms with Crippen LogP contribution >= 0.6 is 0 Å². The lowest BCUT2D eigenvalue weighted by atomic mass is 9.69. The van der Waals surface area contributed by atoms with E-state index in [1.54, 1.807) is 0 Å². The fraction of sp³-hybridized carbons (Fsp3) is 0.667. The number of hydrogen-bond donors (Lipinski definition) is 1. The van der Waals surface area contributed by atoms with Gasteiger partial charge in [-0.3, -0.25) is 0 Å². The molecule has 3 heteroatoms. The first-order valence-corrected chi connectivity index (χ1v) is 8.20. The van der Waals surface area contributed by atoms with Gasteiger partial charge in [0.15, 0.2) is 11.5 Å². The van der Waals surface area contributed by atoms with Crippen LogP contribution in [0.4, 0.5) is 5.69 Å². The monoisotopic (exact) mass is 289 g/mol. The summed E-state index contributed by atoms with van der Waals surface area (Å²) in [6.45, 7) is 8.38. The molecular formula is C18H27NO2. The van der Waals surface area contributed by atoms with Crippen LogP contribution in [0.25, 0.3) is 0 Å². The predicted molar refractivity (Wildman–Crippen MR) is 86.3 cm³/mol. The fourth-order valence-electron chi connectivity index (χ4n) is 3.69. The molecule has 1 fully saturated rings. The molecule has 1 aliphatic carbocycles. The van der Waals surface area contributed by atoms with Crippen molar-refractivity contribution in [2.75, 3.05) is 18.5 Å². The maximum atomic E-state index is 5.68. The number of anilines is 1. The number of rotatable bonds is 2. The van der Waals surface area contributed by atoms with Crippen molar-refractivity contribution in [2.45, 2.75) is 52.5 Å². The number of benzene rings is 1. The molecule has 0 amide bonds. The first kappa shape index (κ1) is 14.6. The average Bonchev–Trinajstić information content (AvgIpc) is 2.46. The molecule has 116 valence electrons. The molecule has 2 unspecified atom stereocenters. The second kappa shape index (κ2) is 5.78. The van der Waals surface area contributed by atoms with Crippen LogP contribution in [0.2, 0.25) is 0 Å². The second-order valence-corrected chi connectivity index (χ2v) is 7.37. The molecule has 21 heavy (non-hydrogen) atoms. The molecule has 2 atom stereocenters. The highest BCUT2D eigenvalue weighted by atomic mass is 16.6. The van der Waals surface area contributed by atoms with E-state index in [1.165, 1.54) is 25.7 Å². The Morgan fingerprint density at radius 2 is 1.71 bits per heavy atom. The molecule has 2 aliphatic rings. The summed E-state index contributed by atoms with van der Waals surface area (Å²) in [4.78, 5) is 0. The topological polar surface area (TPSA) is 30.5 Å². The van der Waals surface area contributed by atoms with E-state index in [9.17, 15) is 0 Å². The minimum Gasteiger partial charge on any atom is -0.486 e. The van der Waals surface area contributed by atoms with Gasteiger partial charge in [0.05, 0.1) is 0 Å². The van der Waals surface area contributed by atoms with Gasteiger partial charge >= 0.3 is 0 Å². The summed E-state index contributed by atoms with van der Waals surface area (Å²) < 4.78 is 11.3. The normalized spacial score (nSPS) is 25.5. The van der Waals surface area contributed by atoms with Crippen molar-refractivity contribution in [2.24, 2.45) is 11.3 Å². The maximum absolute atomic E-state index is 5.68. The van der Waals surface area contributed by atoms with Crippen LogP contribution in [-0.4, -0.2) is 19.3 Å². The Hall–Kier alpha value is -1.38. The third kappa shape index (κ3) is 3.28. The standard InChI is InChI=1S/C18H27NO2/c1-18(2,3)14-6-4-5-7-15(14)19-13-8-9-16-17(12-13)21-11-10-20-16/h8-9,12,14-15,19H,4-7,10-11H2,1-3H3. The third-order valence-electron chi connectivity index (χ3n) is 4.77. The van der Waals surface area contributed by atoms with E-state index in [0.29, 0.717) is 24.7 Å². The fourth-order valence-corrected chi connectivity index (χ4v) is 3.69. The molecule has 0 radical (unpaired) electrons. The van der Waals surface area contributed by atoms with Crippen LogP contribution in [0.1, 0.15) is 46.5 Å². The average molecular weight is 289 g/mol. The summed E-state index contributed by atoms with van der Waals surface area (Å²) in [7, 11) is 0. The van der Waals surface area contributed by atoms with Gasteiger partial charge in [-0.15, -0.1) is 0 Å². The van der Waals surface area contributed by atoms with Crippen LogP contribution in [-0.2, 0) is 0 Å². The molecule has 1 aromatic rings. The predicted octanol–water partition coefficient (Wildman–Crippen LogP) is 4.47. The summed E-state index contributed by atoms with van der Waals surface area (Å²) in [6.07, 6.45) is 5.28. The van der Waals surface area contributed by atoms with Crippen molar-refractivity contribution in [3.63, 3.8) is 0 Å². The second-order valence-electron chi connectivity index (χ2n) is 7.37. The summed E-state index contributed by atoms with van der Waals surface area (Å²) in [5, 5.41) is 3.75. The van der Waals surface area contributed by atoms with Crippen molar-refractivity contribution in [3.8, 4) is 11.5 Å². The Balaban J connectivity index is 1.75. The zero-order valence-corrected chi connectivity index (χ0v) is 13.4. The first-order valence-electron chi connectivity index (χ1n) is 8.20. The molecule has 0 aromatic heterocycles. The van der Waals surface area contributed by atoms with E-state index in [-0.39, 0.29) is 0 Å². The van der Waals surface area contributed by atoms with Gasteiger partial charge in [-0.1, -0.05) is 33.6 Å². The van der Waals surface area contributed by atoms with Crippen LogP contribution in [0.5, 0.6) is 11.5 Å².